The SMILES string of the molecule is CCN1C(=S)N=NC1COc1ccc(C)cc1C. The quantitative estimate of drug-likeness (QED) is 0.783. The van der Waals surface area contributed by atoms with E-state index in [0.29, 0.717) is 11.7 Å². The minimum Gasteiger partial charge on any atom is -0.489 e. The van der Waals surface area contributed by atoms with Gasteiger partial charge in [-0.2, -0.15) is 5.11 Å². The van der Waals surface area contributed by atoms with E-state index in [0.717, 1.165) is 17.9 Å². The highest BCUT2D eigenvalue weighted by Crippen LogP contribution is 2.20. The normalized spacial score (nSPS) is 18.5. The van der Waals surface area contributed by atoms with Crippen LogP contribution in [0.4, 0.5) is 0 Å². The first-order valence-electron chi connectivity index (χ1n) is 6.03. The molecule has 1 aromatic carbocycles. The van der Waals surface area contributed by atoms with Crippen LogP contribution in [-0.2, 0) is 0 Å². The van der Waals surface area contributed by atoms with Gasteiger partial charge in [-0.25, -0.2) is 0 Å². The fraction of sp³-hybridized carbons (Fsp3) is 0.462. The lowest BCUT2D eigenvalue weighted by molar-refractivity contribution is 0.214. The van der Waals surface area contributed by atoms with Gasteiger partial charge in [-0.15, -0.1) is 5.11 Å². The molecular formula is C13H17N3OS. The molecule has 1 aromatic rings. The summed E-state index contributed by atoms with van der Waals surface area (Å²) in [6, 6.07) is 6.14. The molecule has 0 radical (unpaired) electrons. The first-order valence-corrected chi connectivity index (χ1v) is 6.44. The van der Waals surface area contributed by atoms with E-state index in [9.17, 15) is 0 Å². The Labute approximate surface area is 113 Å². The number of hydrogen-bond acceptors (Lipinski definition) is 3. The number of likely N-dealkylation sites (N-methyl/N-ethyl adjacent to an activating group) is 1. The minimum atomic E-state index is -0.0943. The molecule has 5 heteroatoms. The Morgan fingerprint density at radius 2 is 2.17 bits per heavy atom. The van der Waals surface area contributed by atoms with Crippen molar-refractivity contribution in [1.29, 1.82) is 0 Å². The molecule has 0 aliphatic carbocycles. The molecule has 0 spiro atoms. The summed E-state index contributed by atoms with van der Waals surface area (Å²) in [6.07, 6.45) is -0.0943. The molecule has 0 saturated carbocycles. The lowest BCUT2D eigenvalue weighted by Crippen LogP contribution is -2.36. The first kappa shape index (κ1) is 13.0. The van der Waals surface area contributed by atoms with Gasteiger partial charge in [0.25, 0.3) is 0 Å². The summed E-state index contributed by atoms with van der Waals surface area (Å²) < 4.78 is 5.80. The van der Waals surface area contributed by atoms with Crippen molar-refractivity contribution in [2.75, 3.05) is 13.2 Å². The Morgan fingerprint density at radius 1 is 1.39 bits per heavy atom. The van der Waals surface area contributed by atoms with E-state index in [-0.39, 0.29) is 6.17 Å². The number of hydrogen-bond donors (Lipinski definition) is 0. The van der Waals surface area contributed by atoms with E-state index >= 15 is 0 Å². The molecule has 2 rings (SSSR count). The van der Waals surface area contributed by atoms with Crippen LogP contribution in [0.5, 0.6) is 5.75 Å². The van der Waals surface area contributed by atoms with E-state index in [4.69, 9.17) is 17.0 Å². The predicted octanol–water partition coefficient (Wildman–Crippen LogP) is 3.08. The Hall–Kier alpha value is -1.49. The topological polar surface area (TPSA) is 37.2 Å². The van der Waals surface area contributed by atoms with Gasteiger partial charge in [-0.3, -0.25) is 0 Å². The smallest absolute Gasteiger partial charge is 0.217 e. The number of aryl methyl sites for hydroxylation is 2. The second-order valence-corrected chi connectivity index (χ2v) is 4.71. The zero-order valence-electron chi connectivity index (χ0n) is 10.9. The van der Waals surface area contributed by atoms with Crippen LogP contribution in [0.1, 0.15) is 18.1 Å². The Morgan fingerprint density at radius 3 is 2.83 bits per heavy atom. The average Bonchev–Trinajstić information content (AvgIpc) is 2.69. The van der Waals surface area contributed by atoms with Crippen LogP contribution in [0, 0.1) is 13.8 Å². The van der Waals surface area contributed by atoms with Crippen LogP contribution < -0.4 is 4.74 Å². The van der Waals surface area contributed by atoms with Crippen LogP contribution in [0.25, 0.3) is 0 Å². The van der Waals surface area contributed by atoms with E-state index in [1.165, 1.54) is 5.56 Å². The number of ether oxygens (including phenoxy) is 1. The summed E-state index contributed by atoms with van der Waals surface area (Å²) in [5.41, 5.74) is 2.37. The van der Waals surface area contributed by atoms with E-state index in [2.05, 4.69) is 23.2 Å². The summed E-state index contributed by atoms with van der Waals surface area (Å²) in [7, 11) is 0. The maximum Gasteiger partial charge on any atom is 0.217 e. The number of azo groups is 1. The second kappa shape index (κ2) is 5.44. The summed E-state index contributed by atoms with van der Waals surface area (Å²) in [6.45, 7) is 7.42. The molecule has 0 amide bonds. The van der Waals surface area contributed by atoms with Crippen LogP contribution in [-0.4, -0.2) is 29.3 Å². The van der Waals surface area contributed by atoms with Gasteiger partial charge in [-0.05, 0) is 44.6 Å². The van der Waals surface area contributed by atoms with Crippen molar-refractivity contribution < 1.29 is 4.74 Å². The minimum absolute atomic E-state index is 0.0943. The molecule has 0 aromatic heterocycles. The second-order valence-electron chi connectivity index (χ2n) is 4.34. The zero-order chi connectivity index (χ0) is 13.1. The van der Waals surface area contributed by atoms with Crippen molar-refractivity contribution in [1.82, 2.24) is 4.90 Å². The molecule has 1 atom stereocenters. The monoisotopic (exact) mass is 263 g/mol. The van der Waals surface area contributed by atoms with Crippen LogP contribution in [0.3, 0.4) is 0 Å². The van der Waals surface area contributed by atoms with Gasteiger partial charge >= 0.3 is 0 Å². The van der Waals surface area contributed by atoms with Crippen molar-refractivity contribution in [2.45, 2.75) is 26.9 Å². The molecule has 1 aliphatic rings. The lowest BCUT2D eigenvalue weighted by atomic mass is 10.1. The molecule has 0 saturated heterocycles. The lowest BCUT2D eigenvalue weighted by Gasteiger charge is -2.21. The fourth-order valence-electron chi connectivity index (χ4n) is 1.96. The van der Waals surface area contributed by atoms with Crippen LogP contribution >= 0.6 is 12.2 Å². The van der Waals surface area contributed by atoms with E-state index in [1.54, 1.807) is 0 Å². The zero-order valence-corrected chi connectivity index (χ0v) is 11.7. The summed E-state index contributed by atoms with van der Waals surface area (Å²) >= 11 is 5.10. The van der Waals surface area contributed by atoms with Crippen molar-refractivity contribution >= 4 is 17.3 Å². The Balaban J connectivity index is 1.99. The van der Waals surface area contributed by atoms with Gasteiger partial charge in [-0.1, -0.05) is 17.7 Å². The van der Waals surface area contributed by atoms with Gasteiger partial charge in [0.15, 0.2) is 6.17 Å². The molecule has 4 nitrogen and oxygen atoms in total. The first-order chi connectivity index (χ1) is 8.61. The van der Waals surface area contributed by atoms with Crippen LogP contribution in [0.15, 0.2) is 28.4 Å². The van der Waals surface area contributed by atoms with Gasteiger partial charge < -0.3 is 9.64 Å². The van der Waals surface area contributed by atoms with E-state index < -0.39 is 0 Å². The van der Waals surface area contributed by atoms with Crippen molar-refractivity contribution in [3.63, 3.8) is 0 Å². The van der Waals surface area contributed by atoms with Gasteiger partial charge in [0.05, 0.1) is 0 Å². The standard InChI is InChI=1S/C13H17N3OS/c1-4-16-12(14-15-13(16)18)8-17-11-6-5-9(2)7-10(11)3/h5-7,12H,4,8H2,1-3H3. The van der Waals surface area contributed by atoms with E-state index in [1.807, 2.05) is 30.9 Å². The highest BCUT2D eigenvalue weighted by molar-refractivity contribution is 7.80. The number of rotatable bonds is 4. The molecule has 18 heavy (non-hydrogen) atoms. The number of benzene rings is 1. The summed E-state index contributed by atoms with van der Waals surface area (Å²) in [5, 5.41) is 8.58. The molecule has 1 aliphatic heterocycles. The molecule has 0 N–H and O–H groups in total. The molecule has 0 bridgehead atoms. The third kappa shape index (κ3) is 2.67. The highest BCUT2D eigenvalue weighted by atomic mass is 32.1. The maximum absolute atomic E-state index is 5.80. The Kier molecular flexibility index (Phi) is 3.91. The predicted molar refractivity (Wildman–Crippen MR) is 75.0 cm³/mol. The number of nitrogens with zero attached hydrogens (tertiary/aromatic N) is 3. The summed E-state index contributed by atoms with van der Waals surface area (Å²) in [5.74, 6) is 0.893. The van der Waals surface area contributed by atoms with Crippen molar-refractivity contribution in [2.24, 2.45) is 10.2 Å². The maximum atomic E-state index is 5.80. The van der Waals surface area contributed by atoms with Crippen LogP contribution in [0.2, 0.25) is 0 Å². The summed E-state index contributed by atoms with van der Waals surface area (Å²) in [4.78, 5) is 1.96. The highest BCUT2D eigenvalue weighted by Gasteiger charge is 2.25. The largest absolute Gasteiger partial charge is 0.489 e. The molecular weight excluding hydrogens is 246 g/mol. The third-order valence-corrected chi connectivity index (χ3v) is 3.26. The fourth-order valence-corrected chi connectivity index (χ4v) is 2.26. The molecule has 1 unspecified atom stereocenters. The van der Waals surface area contributed by atoms with Crippen molar-refractivity contribution in [3.8, 4) is 5.75 Å². The molecule has 96 valence electrons. The molecule has 0 fully saturated rings. The number of thiocarbonyl (C=S) groups is 1. The van der Waals surface area contributed by atoms with Gasteiger partial charge in [0.2, 0.25) is 5.11 Å². The molecule has 1 heterocycles. The van der Waals surface area contributed by atoms with Crippen molar-refractivity contribution in [3.05, 3.63) is 29.3 Å². The van der Waals surface area contributed by atoms with Gasteiger partial charge in [0.1, 0.15) is 12.4 Å². The third-order valence-electron chi connectivity index (χ3n) is 2.94. The van der Waals surface area contributed by atoms with Gasteiger partial charge in [0, 0.05) is 6.54 Å². The average molecular weight is 263 g/mol. The Bertz CT molecular complexity index is 487.